The van der Waals surface area contributed by atoms with Gasteiger partial charge in [0.2, 0.25) is 0 Å². The molecule has 2 saturated heterocycles. The average Bonchev–Trinajstić information content (AvgIpc) is 3.00. The predicted octanol–water partition coefficient (Wildman–Crippen LogP) is 2.64. The van der Waals surface area contributed by atoms with E-state index >= 15 is 0 Å². The average molecular weight is 367 g/mol. The van der Waals surface area contributed by atoms with E-state index in [1.807, 2.05) is 38.5 Å². The number of aromatic nitrogens is 3. The second-order valence-electron chi connectivity index (χ2n) is 8.30. The Morgan fingerprint density at radius 3 is 2.74 bits per heavy atom. The van der Waals surface area contributed by atoms with Crippen LogP contribution < -0.4 is 0 Å². The fourth-order valence-corrected chi connectivity index (χ4v) is 4.88. The zero-order chi connectivity index (χ0) is 18.9. The van der Waals surface area contributed by atoms with Gasteiger partial charge in [0.1, 0.15) is 5.69 Å². The molecule has 1 atom stereocenters. The van der Waals surface area contributed by atoms with Gasteiger partial charge in [-0.1, -0.05) is 6.07 Å². The first kappa shape index (κ1) is 18.2. The van der Waals surface area contributed by atoms with Crippen molar-refractivity contribution >= 4 is 5.91 Å². The van der Waals surface area contributed by atoms with E-state index in [0.29, 0.717) is 5.69 Å². The Hall–Kier alpha value is -2.21. The molecule has 0 radical (unpaired) electrons. The number of aryl methyl sites for hydroxylation is 2. The smallest absolute Gasteiger partial charge is 0.272 e. The van der Waals surface area contributed by atoms with Crippen molar-refractivity contribution in [2.75, 3.05) is 26.2 Å². The fraction of sp³-hybridized carbons (Fsp3) is 0.571. The lowest BCUT2D eigenvalue weighted by Crippen LogP contribution is -2.53. The van der Waals surface area contributed by atoms with Crippen LogP contribution in [-0.2, 0) is 13.6 Å². The Morgan fingerprint density at radius 1 is 1.22 bits per heavy atom. The molecular formula is C21H29N5O. The van der Waals surface area contributed by atoms with Crippen molar-refractivity contribution < 1.29 is 4.79 Å². The standard InChI is InChI=1S/C21H29N5O/c1-17-12-19(24(2)23-17)20(27)26-11-5-8-21(16-26)7-4-10-25(15-21)14-18-6-3-9-22-13-18/h3,6,9,12-13H,4-5,7-8,10-11,14-16H2,1-2H3. The topological polar surface area (TPSA) is 54.3 Å². The van der Waals surface area contributed by atoms with Crippen LogP contribution in [0.1, 0.15) is 47.4 Å². The van der Waals surface area contributed by atoms with Gasteiger partial charge in [0.25, 0.3) is 5.91 Å². The van der Waals surface area contributed by atoms with E-state index in [-0.39, 0.29) is 11.3 Å². The number of carbonyl (C=O) groups is 1. The first-order valence-electron chi connectivity index (χ1n) is 9.96. The minimum Gasteiger partial charge on any atom is -0.337 e. The van der Waals surface area contributed by atoms with Crippen molar-refractivity contribution in [3.63, 3.8) is 0 Å². The number of piperidine rings is 2. The van der Waals surface area contributed by atoms with Gasteiger partial charge >= 0.3 is 0 Å². The van der Waals surface area contributed by atoms with Gasteiger partial charge in [-0.05, 0) is 56.8 Å². The van der Waals surface area contributed by atoms with Crippen LogP contribution >= 0.6 is 0 Å². The Kier molecular flexibility index (Phi) is 5.00. The van der Waals surface area contributed by atoms with E-state index < -0.39 is 0 Å². The van der Waals surface area contributed by atoms with Crippen LogP contribution in [0.3, 0.4) is 0 Å². The summed E-state index contributed by atoms with van der Waals surface area (Å²) in [7, 11) is 1.86. The quantitative estimate of drug-likeness (QED) is 0.837. The molecule has 2 aromatic heterocycles. The molecule has 0 saturated carbocycles. The summed E-state index contributed by atoms with van der Waals surface area (Å²) in [6.45, 7) is 6.80. The molecule has 2 fully saturated rings. The van der Waals surface area contributed by atoms with Gasteiger partial charge in [-0.25, -0.2) is 0 Å². The van der Waals surface area contributed by atoms with Crippen LogP contribution in [0, 0.1) is 12.3 Å². The Balaban J connectivity index is 1.46. The second-order valence-corrected chi connectivity index (χ2v) is 8.30. The van der Waals surface area contributed by atoms with Gasteiger partial charge in [-0.15, -0.1) is 0 Å². The molecule has 1 unspecified atom stereocenters. The van der Waals surface area contributed by atoms with E-state index in [9.17, 15) is 4.79 Å². The maximum Gasteiger partial charge on any atom is 0.272 e. The van der Waals surface area contributed by atoms with E-state index in [0.717, 1.165) is 44.8 Å². The van der Waals surface area contributed by atoms with Gasteiger partial charge in [0.05, 0.1) is 5.69 Å². The molecule has 0 aliphatic carbocycles. The summed E-state index contributed by atoms with van der Waals surface area (Å²) < 4.78 is 1.72. The molecule has 0 bridgehead atoms. The highest BCUT2D eigenvalue weighted by Gasteiger charge is 2.40. The first-order chi connectivity index (χ1) is 13.0. The molecule has 0 aromatic carbocycles. The molecule has 4 heterocycles. The lowest BCUT2D eigenvalue weighted by atomic mass is 9.73. The van der Waals surface area contributed by atoms with Crippen LogP contribution in [0.25, 0.3) is 0 Å². The van der Waals surface area contributed by atoms with Crippen molar-refractivity contribution in [1.29, 1.82) is 0 Å². The molecule has 144 valence electrons. The number of nitrogens with zero attached hydrogens (tertiary/aromatic N) is 5. The number of hydrogen-bond donors (Lipinski definition) is 0. The molecule has 2 aromatic rings. The molecule has 1 spiro atoms. The van der Waals surface area contributed by atoms with Crippen molar-refractivity contribution in [3.05, 3.63) is 47.5 Å². The summed E-state index contributed by atoms with van der Waals surface area (Å²) in [6.07, 6.45) is 8.50. The van der Waals surface area contributed by atoms with Crippen LogP contribution in [0.5, 0.6) is 0 Å². The zero-order valence-electron chi connectivity index (χ0n) is 16.4. The third kappa shape index (κ3) is 3.90. The molecule has 6 nitrogen and oxygen atoms in total. The number of pyridine rings is 1. The highest BCUT2D eigenvalue weighted by Crippen LogP contribution is 2.39. The summed E-state index contributed by atoms with van der Waals surface area (Å²) in [5.41, 5.74) is 3.09. The molecule has 4 rings (SSSR count). The highest BCUT2D eigenvalue weighted by atomic mass is 16.2. The molecular weight excluding hydrogens is 338 g/mol. The van der Waals surface area contributed by atoms with Gasteiger partial charge in [-0.2, -0.15) is 5.10 Å². The minimum atomic E-state index is 0.126. The number of amides is 1. The molecule has 27 heavy (non-hydrogen) atoms. The first-order valence-corrected chi connectivity index (χ1v) is 9.96. The monoisotopic (exact) mass is 367 g/mol. The van der Waals surface area contributed by atoms with E-state index in [2.05, 4.69) is 25.9 Å². The number of carbonyl (C=O) groups excluding carboxylic acids is 1. The Bertz CT molecular complexity index is 798. The van der Waals surface area contributed by atoms with E-state index in [1.54, 1.807) is 4.68 Å². The van der Waals surface area contributed by atoms with Crippen LogP contribution in [0.2, 0.25) is 0 Å². The molecule has 2 aliphatic heterocycles. The summed E-state index contributed by atoms with van der Waals surface area (Å²) in [4.78, 5) is 21.9. The third-order valence-electron chi connectivity index (χ3n) is 6.04. The summed E-state index contributed by atoms with van der Waals surface area (Å²) in [5, 5.41) is 4.34. The van der Waals surface area contributed by atoms with Gasteiger partial charge in [0, 0.05) is 51.0 Å². The maximum atomic E-state index is 13.1. The highest BCUT2D eigenvalue weighted by molar-refractivity contribution is 5.92. The van der Waals surface area contributed by atoms with Gasteiger partial charge in [0.15, 0.2) is 0 Å². The van der Waals surface area contributed by atoms with Gasteiger partial charge < -0.3 is 4.90 Å². The molecule has 1 amide bonds. The predicted molar refractivity (Wildman–Crippen MR) is 104 cm³/mol. The lowest BCUT2D eigenvalue weighted by molar-refractivity contribution is 0.0108. The largest absolute Gasteiger partial charge is 0.337 e. The van der Waals surface area contributed by atoms with Crippen LogP contribution in [0.4, 0.5) is 0 Å². The van der Waals surface area contributed by atoms with Crippen molar-refractivity contribution in [2.45, 2.75) is 39.2 Å². The normalized spacial score (nSPS) is 23.7. The van der Waals surface area contributed by atoms with E-state index in [1.165, 1.54) is 24.8 Å². The molecule has 0 N–H and O–H groups in total. The van der Waals surface area contributed by atoms with Gasteiger partial charge in [-0.3, -0.25) is 19.4 Å². The third-order valence-corrected chi connectivity index (χ3v) is 6.04. The van der Waals surface area contributed by atoms with Crippen molar-refractivity contribution in [2.24, 2.45) is 12.5 Å². The number of rotatable bonds is 3. The molecule has 6 heteroatoms. The minimum absolute atomic E-state index is 0.126. The van der Waals surface area contributed by atoms with E-state index in [4.69, 9.17) is 0 Å². The summed E-state index contributed by atoms with van der Waals surface area (Å²) in [5.74, 6) is 0.126. The SMILES string of the molecule is Cc1cc(C(=O)N2CCCC3(CCCN(Cc4cccnc4)C3)C2)n(C)n1. The van der Waals surface area contributed by atoms with Crippen molar-refractivity contribution in [3.8, 4) is 0 Å². The Morgan fingerprint density at radius 2 is 2.04 bits per heavy atom. The fourth-order valence-electron chi connectivity index (χ4n) is 4.88. The van der Waals surface area contributed by atoms with Crippen LogP contribution in [0.15, 0.2) is 30.6 Å². The summed E-state index contributed by atoms with van der Waals surface area (Å²) in [6, 6.07) is 6.06. The van der Waals surface area contributed by atoms with Crippen molar-refractivity contribution in [1.82, 2.24) is 24.6 Å². The molecule has 2 aliphatic rings. The second kappa shape index (κ2) is 7.43. The van der Waals surface area contributed by atoms with Crippen LogP contribution in [-0.4, -0.2) is 56.7 Å². The summed E-state index contributed by atoms with van der Waals surface area (Å²) >= 11 is 0. The Labute approximate surface area is 161 Å². The number of hydrogen-bond acceptors (Lipinski definition) is 4. The number of likely N-dealkylation sites (tertiary alicyclic amines) is 2. The zero-order valence-corrected chi connectivity index (χ0v) is 16.4. The lowest BCUT2D eigenvalue weighted by Gasteiger charge is -2.48. The maximum absolute atomic E-state index is 13.1.